The third kappa shape index (κ3) is 3.89. The molecular weight excluding hydrogens is 404 g/mol. The van der Waals surface area contributed by atoms with Crippen LogP contribution in [-0.2, 0) is 9.59 Å². The van der Waals surface area contributed by atoms with Gasteiger partial charge in [-0.05, 0) is 37.5 Å². The maximum absolute atomic E-state index is 12.2. The number of carbonyl (C=O) groups is 2. The van der Waals surface area contributed by atoms with E-state index in [9.17, 15) is 19.8 Å². The average Bonchev–Trinajstić information content (AvgIpc) is 2.98. The predicted molar refractivity (Wildman–Crippen MR) is 117 cm³/mol. The molecule has 0 radical (unpaired) electrons. The average molecular weight is 429 g/mol. The zero-order chi connectivity index (χ0) is 21.3. The Morgan fingerprint density at radius 3 is 2.67 bits per heavy atom. The van der Waals surface area contributed by atoms with Crippen molar-refractivity contribution in [3.63, 3.8) is 0 Å². The Hall–Kier alpha value is -2.94. The Bertz CT molecular complexity index is 1040. The normalized spacial score (nSPS) is 20.6. The molecule has 2 fully saturated rings. The summed E-state index contributed by atoms with van der Waals surface area (Å²) in [5.41, 5.74) is 0.569. The molecular formula is C21H24N4O4S. The number of fused-ring (bicyclic) bond motifs is 1. The van der Waals surface area contributed by atoms with E-state index in [0.29, 0.717) is 27.5 Å². The molecule has 0 spiro atoms. The minimum absolute atomic E-state index is 0.138. The maximum Gasteiger partial charge on any atom is 0.249 e. The third-order valence-corrected chi connectivity index (χ3v) is 6.02. The van der Waals surface area contributed by atoms with Gasteiger partial charge in [-0.25, -0.2) is 4.99 Å². The van der Waals surface area contributed by atoms with E-state index in [1.54, 1.807) is 24.4 Å². The van der Waals surface area contributed by atoms with E-state index in [1.165, 1.54) is 23.8 Å². The lowest BCUT2D eigenvalue weighted by Gasteiger charge is -2.23. The maximum atomic E-state index is 12.2. The van der Waals surface area contributed by atoms with Gasteiger partial charge in [-0.2, -0.15) is 0 Å². The second-order valence-electron chi connectivity index (χ2n) is 7.80. The van der Waals surface area contributed by atoms with Gasteiger partial charge in [-0.15, -0.1) is 0 Å². The van der Waals surface area contributed by atoms with Gasteiger partial charge in [-0.3, -0.25) is 19.5 Å². The van der Waals surface area contributed by atoms with Crippen molar-refractivity contribution in [1.82, 2.24) is 15.2 Å². The summed E-state index contributed by atoms with van der Waals surface area (Å²) in [5, 5.41) is 28.2. The van der Waals surface area contributed by atoms with Crippen LogP contribution in [0.1, 0.15) is 56.6 Å². The van der Waals surface area contributed by atoms with Crippen LogP contribution in [0.5, 0.6) is 11.8 Å². The summed E-state index contributed by atoms with van der Waals surface area (Å²) in [6.45, 7) is 0. The first-order valence-electron chi connectivity index (χ1n) is 10.2. The van der Waals surface area contributed by atoms with E-state index in [2.05, 4.69) is 15.6 Å². The first kappa shape index (κ1) is 20.3. The van der Waals surface area contributed by atoms with Gasteiger partial charge in [-0.1, -0.05) is 31.4 Å². The number of piperidine rings is 1. The Balaban J connectivity index is 1.62. The van der Waals surface area contributed by atoms with Crippen LogP contribution in [0.3, 0.4) is 0 Å². The molecule has 1 saturated carbocycles. The number of thiocarbonyl (C=S) groups is 1. The highest BCUT2D eigenvalue weighted by atomic mass is 32.1. The second-order valence-corrected chi connectivity index (χ2v) is 8.18. The molecule has 0 bridgehead atoms. The zero-order valence-electron chi connectivity index (χ0n) is 16.4. The highest BCUT2D eigenvalue weighted by molar-refractivity contribution is 7.80. The summed E-state index contributed by atoms with van der Waals surface area (Å²) in [4.78, 5) is 28.0. The molecule has 2 amide bonds. The molecule has 1 atom stereocenters. The number of carbonyl (C=O) groups excluding carboxylic acids is 2. The van der Waals surface area contributed by atoms with Crippen molar-refractivity contribution in [2.45, 2.75) is 57.0 Å². The number of imide groups is 1. The van der Waals surface area contributed by atoms with Crippen LogP contribution in [0.15, 0.2) is 23.2 Å². The van der Waals surface area contributed by atoms with Crippen LogP contribution >= 0.6 is 12.2 Å². The number of hydrogen-bond acceptors (Lipinski definition) is 5. The molecule has 1 aromatic heterocycles. The van der Waals surface area contributed by atoms with Crippen LogP contribution in [0, 0.1) is 0 Å². The van der Waals surface area contributed by atoms with Gasteiger partial charge < -0.3 is 15.5 Å². The van der Waals surface area contributed by atoms with E-state index in [1.807, 2.05) is 0 Å². The summed E-state index contributed by atoms with van der Waals surface area (Å²) in [6.07, 6.45) is 7.67. The summed E-state index contributed by atoms with van der Waals surface area (Å²) in [7, 11) is 0. The fourth-order valence-corrected chi connectivity index (χ4v) is 4.49. The van der Waals surface area contributed by atoms with E-state index in [0.717, 1.165) is 12.8 Å². The highest BCUT2D eigenvalue weighted by Gasteiger charge is 2.33. The molecule has 30 heavy (non-hydrogen) atoms. The van der Waals surface area contributed by atoms with Crippen molar-refractivity contribution in [3.8, 4) is 11.8 Å². The smallest absolute Gasteiger partial charge is 0.249 e. The number of nitrogens with zero attached hydrogens (tertiary/aromatic N) is 2. The number of amides is 2. The molecule has 1 aliphatic heterocycles. The third-order valence-electron chi connectivity index (χ3n) is 5.79. The minimum Gasteiger partial charge on any atom is -0.494 e. The van der Waals surface area contributed by atoms with Crippen molar-refractivity contribution in [3.05, 3.63) is 23.8 Å². The summed E-state index contributed by atoms with van der Waals surface area (Å²) in [5.74, 6) is -1.38. The van der Waals surface area contributed by atoms with E-state index < -0.39 is 11.9 Å². The van der Waals surface area contributed by atoms with E-state index >= 15 is 0 Å². The number of hydrogen-bond donors (Lipinski definition) is 4. The summed E-state index contributed by atoms with van der Waals surface area (Å²) < 4.78 is 1.17. The quantitative estimate of drug-likeness (QED) is 0.339. The first-order valence-corrected chi connectivity index (χ1v) is 10.6. The van der Waals surface area contributed by atoms with Crippen molar-refractivity contribution < 1.29 is 19.8 Å². The molecule has 1 aliphatic carbocycles. The highest BCUT2D eigenvalue weighted by Crippen LogP contribution is 2.41. The Labute approximate surface area is 179 Å². The van der Waals surface area contributed by atoms with Crippen molar-refractivity contribution in [2.75, 3.05) is 0 Å². The first-order chi connectivity index (χ1) is 14.5. The molecule has 1 saturated heterocycles. The minimum atomic E-state index is -0.867. The van der Waals surface area contributed by atoms with Gasteiger partial charge >= 0.3 is 0 Å². The molecule has 4 rings (SSSR count). The molecule has 9 heteroatoms. The van der Waals surface area contributed by atoms with Gasteiger partial charge in [0.25, 0.3) is 0 Å². The van der Waals surface area contributed by atoms with Gasteiger partial charge in [0.05, 0.1) is 5.39 Å². The van der Waals surface area contributed by atoms with Crippen LogP contribution in [0.25, 0.3) is 10.8 Å². The van der Waals surface area contributed by atoms with Crippen LogP contribution in [0.2, 0.25) is 0 Å². The number of benzene rings is 1. The lowest BCUT2D eigenvalue weighted by molar-refractivity contribution is -0.135. The number of aromatic hydroxyl groups is 2. The molecule has 1 unspecified atom stereocenters. The molecule has 2 heterocycles. The lowest BCUT2D eigenvalue weighted by atomic mass is 9.96. The number of aromatic nitrogens is 1. The SMILES string of the molecule is O=C1CCC(n2c(O)c3cccc(C=NC(=S)NC4CCCCC4)c3c2O)C(=O)N1. The summed E-state index contributed by atoms with van der Waals surface area (Å²) >= 11 is 5.34. The number of nitrogens with one attached hydrogen (secondary N) is 2. The molecule has 2 aromatic rings. The Morgan fingerprint density at radius 2 is 1.93 bits per heavy atom. The van der Waals surface area contributed by atoms with Gasteiger partial charge in [0.15, 0.2) is 5.11 Å². The second kappa shape index (κ2) is 8.43. The fourth-order valence-electron chi connectivity index (χ4n) is 4.27. The summed E-state index contributed by atoms with van der Waals surface area (Å²) in [6, 6.07) is 4.61. The van der Waals surface area contributed by atoms with E-state index in [4.69, 9.17) is 12.2 Å². The molecule has 158 valence electrons. The lowest BCUT2D eigenvalue weighted by Crippen LogP contribution is -2.41. The van der Waals surface area contributed by atoms with Crippen molar-refractivity contribution in [1.29, 1.82) is 0 Å². The number of rotatable bonds is 3. The van der Waals surface area contributed by atoms with Gasteiger partial charge in [0.2, 0.25) is 23.6 Å². The fraction of sp³-hybridized carbons (Fsp3) is 0.429. The molecule has 4 N–H and O–H groups in total. The standard InChI is InChI=1S/C21H24N4O4S/c26-16-10-9-15(18(27)24-16)25-19(28)14-8-4-5-12(17(14)20(25)29)11-22-21(30)23-13-6-2-1-3-7-13/h4-5,8,11,13,15,28-29H,1-3,6-7,9-10H2,(H,23,30)(H,24,26,27). The monoisotopic (exact) mass is 428 g/mol. The van der Waals surface area contributed by atoms with Gasteiger partial charge in [0.1, 0.15) is 6.04 Å². The number of aliphatic imine (C=N–C) groups is 1. The molecule has 1 aromatic carbocycles. The van der Waals surface area contributed by atoms with Crippen LogP contribution in [-0.4, -0.2) is 44.0 Å². The zero-order valence-corrected chi connectivity index (χ0v) is 17.2. The van der Waals surface area contributed by atoms with Gasteiger partial charge in [0, 0.05) is 29.6 Å². The van der Waals surface area contributed by atoms with Crippen molar-refractivity contribution >= 4 is 46.1 Å². The molecule has 2 aliphatic rings. The topological polar surface area (TPSA) is 116 Å². The van der Waals surface area contributed by atoms with Crippen LogP contribution in [0.4, 0.5) is 0 Å². The largest absolute Gasteiger partial charge is 0.494 e. The molecule has 8 nitrogen and oxygen atoms in total. The van der Waals surface area contributed by atoms with Crippen LogP contribution < -0.4 is 10.6 Å². The Kier molecular flexibility index (Phi) is 5.72. The van der Waals surface area contributed by atoms with Crippen molar-refractivity contribution in [2.24, 2.45) is 4.99 Å². The predicted octanol–water partition coefficient (Wildman–Crippen LogP) is 2.66. The van der Waals surface area contributed by atoms with E-state index in [-0.39, 0.29) is 30.5 Å². The Morgan fingerprint density at radius 1 is 1.17 bits per heavy atom.